The molecule has 0 bridgehead atoms. The Hall–Kier alpha value is -1.26. The Morgan fingerprint density at radius 1 is 1.04 bits per heavy atom. The van der Waals surface area contributed by atoms with Crippen molar-refractivity contribution in [3.8, 4) is 11.8 Å². The predicted octanol–water partition coefficient (Wildman–Crippen LogP) is 6.71. The third-order valence-electron chi connectivity index (χ3n) is 5.96. The number of allylic oxidation sites excluding steroid dienone is 2. The Morgan fingerprint density at radius 3 is 2.09 bits per heavy atom. The Labute approximate surface area is 144 Å². The van der Waals surface area contributed by atoms with Gasteiger partial charge in [-0.1, -0.05) is 75.7 Å². The van der Waals surface area contributed by atoms with Crippen LogP contribution in [0.5, 0.6) is 0 Å². The van der Waals surface area contributed by atoms with Crippen LogP contribution in [-0.4, -0.2) is 8.07 Å². The lowest BCUT2D eigenvalue weighted by Crippen LogP contribution is -2.40. The van der Waals surface area contributed by atoms with Gasteiger partial charge in [0.15, 0.2) is 0 Å². The van der Waals surface area contributed by atoms with Crippen LogP contribution >= 0.6 is 0 Å². The van der Waals surface area contributed by atoms with E-state index in [4.69, 9.17) is 0 Å². The van der Waals surface area contributed by atoms with Gasteiger partial charge >= 0.3 is 0 Å². The molecule has 0 N–H and O–H groups in total. The number of hydrogen-bond acceptors (Lipinski definition) is 0. The highest BCUT2D eigenvalue weighted by Crippen LogP contribution is 2.45. The maximum Gasteiger partial charge on any atom is 0.0966 e. The van der Waals surface area contributed by atoms with Gasteiger partial charge in [-0.05, 0) is 54.3 Å². The van der Waals surface area contributed by atoms with Gasteiger partial charge in [0.2, 0.25) is 0 Å². The zero-order valence-electron chi connectivity index (χ0n) is 15.8. The van der Waals surface area contributed by atoms with Gasteiger partial charge in [0.25, 0.3) is 0 Å². The average Bonchev–Trinajstić information content (AvgIpc) is 2.52. The lowest BCUT2D eigenvalue weighted by atomic mass is 9.81. The molecule has 0 aromatic heterocycles. The smallest absolute Gasteiger partial charge is 0.0966 e. The summed E-state index contributed by atoms with van der Waals surface area (Å²) in [6.45, 7) is 14.2. The third-order valence-corrected chi connectivity index (χ3v) is 11.4. The zero-order chi connectivity index (χ0) is 17.1. The second-order valence-electron chi connectivity index (χ2n) is 8.41. The van der Waals surface area contributed by atoms with Crippen LogP contribution in [0.2, 0.25) is 18.1 Å². The van der Waals surface area contributed by atoms with Crippen LogP contribution in [0.4, 0.5) is 0 Å². The maximum atomic E-state index is 3.55. The van der Waals surface area contributed by atoms with E-state index < -0.39 is 8.07 Å². The minimum atomic E-state index is -1.54. The van der Waals surface area contributed by atoms with Crippen LogP contribution in [0.25, 0.3) is 0 Å². The molecule has 23 heavy (non-hydrogen) atoms. The van der Waals surface area contributed by atoms with Crippen molar-refractivity contribution >= 4 is 8.07 Å². The topological polar surface area (TPSA) is 0 Å². The summed E-state index contributed by atoms with van der Waals surface area (Å²) in [5.41, 5.74) is 3.18. The second kappa shape index (κ2) is 7.10. The Morgan fingerprint density at radius 2 is 1.61 bits per heavy atom. The first kappa shape index (κ1) is 18.1. The molecule has 0 radical (unpaired) electrons. The molecule has 0 amide bonds. The quantitative estimate of drug-likeness (QED) is 0.419. The predicted molar refractivity (Wildman–Crippen MR) is 105 cm³/mol. The number of rotatable bonds is 2. The standard InChI is InChI=1S/C22H32Si/c1-7-11-21(23(5,6)22(2,3)4)20-16-14-19(15-17-20)18-12-9-8-10-13-18/h8-10,12-13,19H,14-17H2,1-6H3. The van der Waals surface area contributed by atoms with Gasteiger partial charge in [-0.2, -0.15) is 0 Å². The van der Waals surface area contributed by atoms with Crippen molar-refractivity contribution in [1.82, 2.24) is 0 Å². The SMILES string of the molecule is CC#CC(=C1CCC(c2ccccc2)CC1)[Si](C)(C)C(C)(C)C. The molecular weight excluding hydrogens is 292 g/mol. The summed E-state index contributed by atoms with van der Waals surface area (Å²) in [5.74, 6) is 7.49. The molecule has 0 nitrogen and oxygen atoms in total. The van der Waals surface area contributed by atoms with Crippen molar-refractivity contribution in [2.75, 3.05) is 0 Å². The summed E-state index contributed by atoms with van der Waals surface area (Å²) in [7, 11) is -1.54. The molecule has 1 fully saturated rings. The van der Waals surface area contributed by atoms with Crippen LogP contribution in [0.15, 0.2) is 41.1 Å². The van der Waals surface area contributed by atoms with E-state index in [-0.39, 0.29) is 0 Å². The van der Waals surface area contributed by atoms with E-state index in [1.54, 1.807) is 10.8 Å². The van der Waals surface area contributed by atoms with Gasteiger partial charge < -0.3 is 0 Å². The number of hydrogen-bond donors (Lipinski definition) is 0. The van der Waals surface area contributed by atoms with Gasteiger partial charge in [-0.3, -0.25) is 0 Å². The van der Waals surface area contributed by atoms with Crippen LogP contribution in [0, 0.1) is 11.8 Å². The number of benzene rings is 1. The molecule has 0 unspecified atom stereocenters. The molecule has 1 aliphatic rings. The highest BCUT2D eigenvalue weighted by molar-refractivity contribution is 6.87. The normalized spacial score (nSPS) is 19.0. The van der Waals surface area contributed by atoms with E-state index >= 15 is 0 Å². The third kappa shape index (κ3) is 3.99. The van der Waals surface area contributed by atoms with Crippen molar-refractivity contribution in [3.63, 3.8) is 0 Å². The second-order valence-corrected chi connectivity index (χ2v) is 13.7. The fourth-order valence-electron chi connectivity index (χ4n) is 3.46. The Kier molecular flexibility index (Phi) is 5.58. The monoisotopic (exact) mass is 324 g/mol. The van der Waals surface area contributed by atoms with Gasteiger partial charge in [-0.15, -0.1) is 5.92 Å². The van der Waals surface area contributed by atoms with Crippen LogP contribution in [0.1, 0.15) is 64.9 Å². The summed E-state index contributed by atoms with van der Waals surface area (Å²) < 4.78 is 0. The minimum Gasteiger partial charge on any atom is -0.102 e. The van der Waals surface area contributed by atoms with E-state index in [0.29, 0.717) is 5.04 Å². The first-order chi connectivity index (χ1) is 10.8. The van der Waals surface area contributed by atoms with Crippen molar-refractivity contribution in [1.29, 1.82) is 0 Å². The maximum absolute atomic E-state index is 3.55. The molecule has 2 rings (SSSR count). The zero-order valence-corrected chi connectivity index (χ0v) is 16.8. The fourth-order valence-corrected chi connectivity index (χ4v) is 5.78. The summed E-state index contributed by atoms with van der Waals surface area (Å²) in [4.78, 5) is 0. The molecule has 0 atom stereocenters. The average molecular weight is 325 g/mol. The molecule has 1 saturated carbocycles. The molecule has 1 heteroatoms. The van der Waals surface area contributed by atoms with Crippen molar-refractivity contribution in [2.24, 2.45) is 0 Å². The molecule has 0 aliphatic heterocycles. The lowest BCUT2D eigenvalue weighted by Gasteiger charge is -2.39. The van der Waals surface area contributed by atoms with E-state index in [1.807, 2.05) is 6.92 Å². The van der Waals surface area contributed by atoms with Crippen molar-refractivity contribution in [2.45, 2.75) is 77.4 Å². The summed E-state index contributed by atoms with van der Waals surface area (Å²) in [6, 6.07) is 11.0. The highest BCUT2D eigenvalue weighted by Gasteiger charge is 2.39. The van der Waals surface area contributed by atoms with Gasteiger partial charge in [0.1, 0.15) is 0 Å². The van der Waals surface area contributed by atoms with E-state index in [2.05, 4.69) is 76.0 Å². The van der Waals surface area contributed by atoms with Crippen LogP contribution in [-0.2, 0) is 0 Å². The van der Waals surface area contributed by atoms with Gasteiger partial charge in [0.05, 0.1) is 8.07 Å². The minimum absolute atomic E-state index is 0.357. The van der Waals surface area contributed by atoms with Crippen LogP contribution in [0.3, 0.4) is 0 Å². The lowest BCUT2D eigenvalue weighted by molar-refractivity contribution is 0.515. The first-order valence-corrected chi connectivity index (χ1v) is 12.0. The van der Waals surface area contributed by atoms with E-state index in [1.165, 1.54) is 31.2 Å². The van der Waals surface area contributed by atoms with Crippen molar-refractivity contribution in [3.05, 3.63) is 46.7 Å². The van der Waals surface area contributed by atoms with Crippen molar-refractivity contribution < 1.29 is 0 Å². The highest BCUT2D eigenvalue weighted by atomic mass is 28.3. The Bertz CT molecular complexity index is 607. The van der Waals surface area contributed by atoms with Crippen LogP contribution < -0.4 is 0 Å². The summed E-state index contributed by atoms with van der Waals surface area (Å²) in [5, 5.41) is 1.90. The van der Waals surface area contributed by atoms with E-state index in [0.717, 1.165) is 5.92 Å². The molecule has 0 saturated heterocycles. The molecule has 1 aromatic carbocycles. The summed E-state index contributed by atoms with van der Waals surface area (Å²) in [6.07, 6.45) is 5.03. The fraction of sp³-hybridized carbons (Fsp3) is 0.545. The van der Waals surface area contributed by atoms with Gasteiger partial charge in [-0.25, -0.2) is 0 Å². The summed E-state index contributed by atoms with van der Waals surface area (Å²) >= 11 is 0. The van der Waals surface area contributed by atoms with E-state index in [9.17, 15) is 0 Å². The molecular formula is C22H32Si. The van der Waals surface area contributed by atoms with Gasteiger partial charge in [0, 0.05) is 0 Å². The molecule has 124 valence electrons. The Balaban J connectivity index is 2.25. The molecule has 1 aliphatic carbocycles. The first-order valence-electron chi connectivity index (χ1n) is 8.97. The molecule has 0 heterocycles. The molecule has 0 spiro atoms. The largest absolute Gasteiger partial charge is 0.102 e. The molecule has 1 aromatic rings.